The maximum atomic E-state index is 12.4. The Bertz CT molecular complexity index is 789. The molecule has 26 heavy (non-hydrogen) atoms. The SMILES string of the molecule is COc1ccc(CNC(=O)CCN2C(=O)C(C)Oc3ccccc32)cc1. The van der Waals surface area contributed by atoms with Gasteiger partial charge in [-0.3, -0.25) is 9.59 Å². The van der Waals surface area contributed by atoms with Crippen LogP contribution in [0.25, 0.3) is 0 Å². The molecule has 0 aliphatic carbocycles. The number of amides is 2. The minimum Gasteiger partial charge on any atom is -0.497 e. The summed E-state index contributed by atoms with van der Waals surface area (Å²) >= 11 is 0. The number of rotatable bonds is 6. The summed E-state index contributed by atoms with van der Waals surface area (Å²) in [5, 5.41) is 2.88. The van der Waals surface area contributed by atoms with Crippen LogP contribution in [0, 0.1) is 0 Å². The first-order chi connectivity index (χ1) is 12.6. The van der Waals surface area contributed by atoms with E-state index < -0.39 is 6.10 Å². The smallest absolute Gasteiger partial charge is 0.267 e. The molecule has 0 saturated heterocycles. The second-order valence-corrected chi connectivity index (χ2v) is 6.09. The average molecular weight is 354 g/mol. The summed E-state index contributed by atoms with van der Waals surface area (Å²) in [6.07, 6.45) is -0.324. The quantitative estimate of drug-likeness (QED) is 0.866. The van der Waals surface area contributed by atoms with Gasteiger partial charge in [-0.15, -0.1) is 0 Å². The fourth-order valence-corrected chi connectivity index (χ4v) is 2.84. The molecule has 6 heteroatoms. The third-order valence-electron chi connectivity index (χ3n) is 4.28. The molecule has 0 spiro atoms. The minimum absolute atomic E-state index is 0.106. The van der Waals surface area contributed by atoms with Gasteiger partial charge in [0.1, 0.15) is 11.5 Å². The molecule has 2 aromatic carbocycles. The van der Waals surface area contributed by atoms with Crippen LogP contribution in [0.1, 0.15) is 18.9 Å². The summed E-state index contributed by atoms with van der Waals surface area (Å²) in [6, 6.07) is 14.9. The van der Waals surface area contributed by atoms with Gasteiger partial charge in [-0.25, -0.2) is 0 Å². The summed E-state index contributed by atoms with van der Waals surface area (Å²) in [5.41, 5.74) is 1.69. The molecule has 0 fully saturated rings. The molecule has 0 bridgehead atoms. The van der Waals surface area contributed by atoms with Crippen molar-refractivity contribution in [2.45, 2.75) is 26.0 Å². The Morgan fingerprint density at radius 3 is 2.65 bits per heavy atom. The van der Waals surface area contributed by atoms with E-state index in [9.17, 15) is 9.59 Å². The van der Waals surface area contributed by atoms with E-state index in [1.54, 1.807) is 18.9 Å². The number of fused-ring (bicyclic) bond motifs is 1. The van der Waals surface area contributed by atoms with Crippen LogP contribution in [0.5, 0.6) is 11.5 Å². The predicted molar refractivity (Wildman–Crippen MR) is 98.3 cm³/mol. The molecular formula is C20H22N2O4. The highest BCUT2D eigenvalue weighted by Crippen LogP contribution is 2.33. The van der Waals surface area contributed by atoms with Crippen LogP contribution in [0.3, 0.4) is 0 Å². The zero-order chi connectivity index (χ0) is 18.5. The van der Waals surface area contributed by atoms with Gasteiger partial charge in [0, 0.05) is 19.5 Å². The van der Waals surface area contributed by atoms with Crippen molar-refractivity contribution < 1.29 is 19.1 Å². The fraction of sp³-hybridized carbons (Fsp3) is 0.300. The van der Waals surface area contributed by atoms with Gasteiger partial charge in [0.2, 0.25) is 5.91 Å². The Kier molecular flexibility index (Phi) is 5.41. The standard InChI is InChI=1S/C20H22N2O4/c1-14-20(24)22(17-5-3-4-6-18(17)26-14)12-11-19(23)21-13-15-7-9-16(25-2)10-8-15/h3-10,14H,11-13H2,1-2H3,(H,21,23). The average Bonchev–Trinajstić information content (AvgIpc) is 2.67. The van der Waals surface area contributed by atoms with Crippen LogP contribution in [0.2, 0.25) is 0 Å². The van der Waals surface area contributed by atoms with Gasteiger partial charge in [0.15, 0.2) is 6.10 Å². The maximum Gasteiger partial charge on any atom is 0.267 e. The van der Waals surface area contributed by atoms with Crippen molar-refractivity contribution in [3.63, 3.8) is 0 Å². The molecule has 3 rings (SSSR count). The van der Waals surface area contributed by atoms with Gasteiger partial charge >= 0.3 is 0 Å². The van der Waals surface area contributed by atoms with Crippen LogP contribution in [-0.2, 0) is 16.1 Å². The molecule has 0 saturated carbocycles. The number of carbonyl (C=O) groups is 2. The molecule has 0 radical (unpaired) electrons. The first-order valence-electron chi connectivity index (χ1n) is 8.55. The third-order valence-corrected chi connectivity index (χ3v) is 4.28. The molecule has 2 aromatic rings. The summed E-state index contributed by atoms with van der Waals surface area (Å²) in [5.74, 6) is 1.20. The van der Waals surface area contributed by atoms with Crippen LogP contribution in [-0.4, -0.2) is 31.6 Å². The fourth-order valence-electron chi connectivity index (χ4n) is 2.84. The molecule has 136 valence electrons. The lowest BCUT2D eigenvalue weighted by Gasteiger charge is -2.32. The van der Waals surface area contributed by atoms with Crippen molar-refractivity contribution in [3.8, 4) is 11.5 Å². The Morgan fingerprint density at radius 1 is 1.19 bits per heavy atom. The number of hydrogen-bond acceptors (Lipinski definition) is 4. The molecule has 1 atom stereocenters. The number of hydrogen-bond donors (Lipinski definition) is 1. The van der Waals surface area contributed by atoms with E-state index in [0.29, 0.717) is 24.5 Å². The second-order valence-electron chi connectivity index (χ2n) is 6.09. The molecule has 6 nitrogen and oxygen atoms in total. The van der Waals surface area contributed by atoms with Crippen LogP contribution >= 0.6 is 0 Å². The number of nitrogens with one attached hydrogen (secondary N) is 1. The highest BCUT2D eigenvalue weighted by atomic mass is 16.5. The van der Waals surface area contributed by atoms with Gasteiger partial charge in [-0.2, -0.15) is 0 Å². The van der Waals surface area contributed by atoms with Crippen molar-refractivity contribution in [2.75, 3.05) is 18.6 Å². The number of benzene rings is 2. The van der Waals surface area contributed by atoms with Gasteiger partial charge in [0.05, 0.1) is 12.8 Å². The lowest BCUT2D eigenvalue weighted by atomic mass is 10.1. The molecule has 0 aromatic heterocycles. The second kappa shape index (κ2) is 7.91. The van der Waals surface area contributed by atoms with Crippen LogP contribution in [0.15, 0.2) is 48.5 Å². The topological polar surface area (TPSA) is 67.9 Å². The molecule has 2 amide bonds. The van der Waals surface area contributed by atoms with Crippen molar-refractivity contribution in [2.24, 2.45) is 0 Å². The van der Waals surface area contributed by atoms with E-state index in [4.69, 9.17) is 9.47 Å². The Hall–Kier alpha value is -3.02. The number of para-hydroxylation sites is 2. The molecule has 1 unspecified atom stereocenters. The van der Waals surface area contributed by atoms with Crippen LogP contribution < -0.4 is 19.7 Å². The van der Waals surface area contributed by atoms with E-state index in [-0.39, 0.29) is 18.2 Å². The van der Waals surface area contributed by atoms with E-state index in [1.165, 1.54) is 0 Å². The highest BCUT2D eigenvalue weighted by Gasteiger charge is 2.31. The van der Waals surface area contributed by atoms with Crippen molar-refractivity contribution in [1.29, 1.82) is 0 Å². The molecule has 1 aliphatic heterocycles. The molecule has 1 aliphatic rings. The van der Waals surface area contributed by atoms with Gasteiger partial charge < -0.3 is 19.7 Å². The van der Waals surface area contributed by atoms with Gasteiger partial charge in [0.25, 0.3) is 5.91 Å². The highest BCUT2D eigenvalue weighted by molar-refractivity contribution is 6.00. The van der Waals surface area contributed by atoms with Crippen molar-refractivity contribution in [1.82, 2.24) is 5.32 Å². The van der Waals surface area contributed by atoms with E-state index >= 15 is 0 Å². The van der Waals surface area contributed by atoms with Crippen molar-refractivity contribution >= 4 is 17.5 Å². The number of anilines is 1. The first-order valence-corrected chi connectivity index (χ1v) is 8.55. The molecular weight excluding hydrogens is 332 g/mol. The molecule has 1 heterocycles. The summed E-state index contributed by atoms with van der Waals surface area (Å²) in [6.45, 7) is 2.47. The van der Waals surface area contributed by atoms with Crippen LogP contribution in [0.4, 0.5) is 5.69 Å². The van der Waals surface area contributed by atoms with E-state index in [0.717, 1.165) is 11.3 Å². The lowest BCUT2D eigenvalue weighted by Crippen LogP contribution is -2.45. The van der Waals surface area contributed by atoms with E-state index in [1.807, 2.05) is 48.5 Å². The molecule has 1 N–H and O–H groups in total. The normalized spacial score (nSPS) is 15.8. The Balaban J connectivity index is 1.56. The summed E-state index contributed by atoms with van der Waals surface area (Å²) in [7, 11) is 1.61. The summed E-state index contributed by atoms with van der Waals surface area (Å²) < 4.78 is 10.7. The predicted octanol–water partition coefficient (Wildman–Crippen LogP) is 2.52. The number of nitrogens with zero attached hydrogens (tertiary/aromatic N) is 1. The number of carbonyl (C=O) groups excluding carboxylic acids is 2. The first kappa shape index (κ1) is 17.8. The third kappa shape index (κ3) is 3.96. The lowest BCUT2D eigenvalue weighted by molar-refractivity contribution is -0.125. The monoisotopic (exact) mass is 354 g/mol. The van der Waals surface area contributed by atoms with Gasteiger partial charge in [-0.05, 0) is 36.8 Å². The Labute approximate surface area is 152 Å². The van der Waals surface area contributed by atoms with Gasteiger partial charge in [-0.1, -0.05) is 24.3 Å². The summed E-state index contributed by atoms with van der Waals surface area (Å²) in [4.78, 5) is 26.2. The largest absolute Gasteiger partial charge is 0.497 e. The van der Waals surface area contributed by atoms with E-state index in [2.05, 4.69) is 5.32 Å². The number of methoxy groups -OCH3 is 1. The zero-order valence-electron chi connectivity index (χ0n) is 14.9. The van der Waals surface area contributed by atoms with Crippen molar-refractivity contribution in [3.05, 3.63) is 54.1 Å². The zero-order valence-corrected chi connectivity index (χ0v) is 14.9. The Morgan fingerprint density at radius 2 is 1.92 bits per heavy atom. The number of ether oxygens (including phenoxy) is 2. The maximum absolute atomic E-state index is 12.4. The minimum atomic E-state index is -0.549.